The lowest BCUT2D eigenvalue weighted by molar-refractivity contribution is 0.0684. The molecule has 5 heteroatoms. The predicted molar refractivity (Wildman–Crippen MR) is 62.4 cm³/mol. The molecule has 0 aliphatic heterocycles. The first kappa shape index (κ1) is 12.3. The summed E-state index contributed by atoms with van der Waals surface area (Å²) in [6.07, 6.45) is 0.175. The molecule has 1 atom stereocenters. The van der Waals surface area contributed by atoms with Crippen LogP contribution in [-0.4, -0.2) is 12.7 Å². The molecule has 0 amide bonds. The van der Waals surface area contributed by atoms with Gasteiger partial charge in [-0.15, -0.1) is 11.3 Å². The number of nitrogens with two attached hydrogens (primary N) is 1. The zero-order valence-electron chi connectivity index (χ0n) is 8.09. The molecule has 1 aromatic rings. The Hall–Kier alpha value is 0.200. The van der Waals surface area contributed by atoms with Crippen molar-refractivity contribution in [3.05, 3.63) is 20.3 Å². The van der Waals surface area contributed by atoms with Crippen LogP contribution in [0.25, 0.3) is 0 Å². The highest BCUT2D eigenvalue weighted by Gasteiger charge is 2.14. The van der Waals surface area contributed by atoms with Crippen molar-refractivity contribution < 1.29 is 4.74 Å². The van der Waals surface area contributed by atoms with Crippen molar-refractivity contribution in [1.29, 1.82) is 0 Å². The predicted octanol–water partition coefficient (Wildman–Crippen LogP) is 3.48. The van der Waals surface area contributed by atoms with E-state index in [-0.39, 0.29) is 12.1 Å². The van der Waals surface area contributed by atoms with Gasteiger partial charge in [0.05, 0.1) is 27.4 Å². The van der Waals surface area contributed by atoms with Crippen molar-refractivity contribution in [1.82, 2.24) is 0 Å². The lowest BCUT2D eigenvalue weighted by atomic mass is 10.2. The number of ether oxygens (including phenoxy) is 1. The molecule has 0 aliphatic rings. The number of halogens is 2. The summed E-state index contributed by atoms with van der Waals surface area (Å²) in [7, 11) is 0. The molecule has 1 aromatic heterocycles. The Bertz CT molecular complexity index is 301. The van der Waals surface area contributed by atoms with Crippen LogP contribution in [0.3, 0.4) is 0 Å². The second kappa shape index (κ2) is 5.33. The normalized spacial score (nSPS) is 13.6. The molecule has 2 nitrogen and oxygen atoms in total. The van der Waals surface area contributed by atoms with Gasteiger partial charge in [-0.2, -0.15) is 0 Å². The van der Waals surface area contributed by atoms with Crippen molar-refractivity contribution >= 4 is 34.5 Å². The minimum atomic E-state index is -0.200. The number of thiophene rings is 1. The summed E-state index contributed by atoms with van der Waals surface area (Å²) in [4.78, 5) is 0. The quantitative estimate of drug-likeness (QED) is 0.892. The maximum Gasteiger partial charge on any atom is 0.0992 e. The summed E-state index contributed by atoms with van der Waals surface area (Å²) in [6, 6.07) is 1.59. The fourth-order valence-corrected chi connectivity index (χ4v) is 2.59. The summed E-state index contributed by atoms with van der Waals surface area (Å²) < 4.78 is 6.71. The molecule has 0 radical (unpaired) electrons. The molecule has 0 aliphatic carbocycles. The van der Waals surface area contributed by atoms with Crippen molar-refractivity contribution in [2.45, 2.75) is 26.0 Å². The third-order valence-electron chi connectivity index (χ3n) is 1.69. The van der Waals surface area contributed by atoms with Gasteiger partial charge in [0, 0.05) is 5.56 Å². The lowest BCUT2D eigenvalue weighted by Gasteiger charge is -2.13. The van der Waals surface area contributed by atoms with Gasteiger partial charge >= 0.3 is 0 Å². The standard InChI is InChI=1S/C9H13Cl2NOS/c1-5(2)13-4-7(12)6-3-8(10)14-9(6)11/h3,5,7H,4,12H2,1-2H3. The first-order valence-corrected chi connectivity index (χ1v) is 5.90. The molecular weight excluding hydrogens is 241 g/mol. The van der Waals surface area contributed by atoms with Gasteiger partial charge in [-0.3, -0.25) is 0 Å². The summed E-state index contributed by atoms with van der Waals surface area (Å²) in [5, 5.41) is 0. The highest BCUT2D eigenvalue weighted by atomic mass is 35.5. The topological polar surface area (TPSA) is 35.2 Å². The third-order valence-corrected chi connectivity index (χ3v) is 3.21. The maximum absolute atomic E-state index is 5.95. The molecular formula is C9H13Cl2NOS. The van der Waals surface area contributed by atoms with Gasteiger partial charge in [-0.05, 0) is 19.9 Å². The van der Waals surface area contributed by atoms with Crippen LogP contribution >= 0.6 is 34.5 Å². The van der Waals surface area contributed by atoms with Crippen LogP contribution in [0.15, 0.2) is 6.07 Å². The van der Waals surface area contributed by atoms with Crippen LogP contribution in [0, 0.1) is 0 Å². The smallest absolute Gasteiger partial charge is 0.0992 e. The number of hydrogen-bond acceptors (Lipinski definition) is 3. The van der Waals surface area contributed by atoms with E-state index in [4.69, 9.17) is 33.7 Å². The molecule has 0 saturated carbocycles. The first-order chi connectivity index (χ1) is 6.50. The molecule has 80 valence electrons. The monoisotopic (exact) mass is 253 g/mol. The Kier molecular flexibility index (Phi) is 4.67. The van der Waals surface area contributed by atoms with E-state index in [1.165, 1.54) is 11.3 Å². The molecule has 0 saturated heterocycles. The summed E-state index contributed by atoms with van der Waals surface area (Å²) >= 11 is 13.1. The van der Waals surface area contributed by atoms with Gasteiger partial charge in [-0.1, -0.05) is 23.2 Å². The zero-order valence-corrected chi connectivity index (χ0v) is 10.4. The molecule has 0 bridgehead atoms. The van der Waals surface area contributed by atoms with E-state index in [2.05, 4.69) is 0 Å². The number of hydrogen-bond donors (Lipinski definition) is 1. The summed E-state index contributed by atoms with van der Waals surface area (Å²) in [5.41, 5.74) is 6.76. The van der Waals surface area contributed by atoms with Crippen LogP contribution < -0.4 is 5.73 Å². The average Bonchev–Trinajstić information content (AvgIpc) is 2.41. The van der Waals surface area contributed by atoms with Gasteiger partial charge in [0.1, 0.15) is 0 Å². The van der Waals surface area contributed by atoms with Crippen molar-refractivity contribution in [2.24, 2.45) is 5.73 Å². The molecule has 1 unspecified atom stereocenters. The second-order valence-electron chi connectivity index (χ2n) is 3.27. The van der Waals surface area contributed by atoms with Gasteiger partial charge < -0.3 is 10.5 Å². The van der Waals surface area contributed by atoms with Crippen molar-refractivity contribution in [3.8, 4) is 0 Å². The highest BCUT2D eigenvalue weighted by molar-refractivity contribution is 7.20. The summed E-state index contributed by atoms with van der Waals surface area (Å²) in [6.45, 7) is 4.40. The molecule has 14 heavy (non-hydrogen) atoms. The van der Waals surface area contributed by atoms with E-state index in [1.54, 1.807) is 6.07 Å². The van der Waals surface area contributed by atoms with E-state index >= 15 is 0 Å². The average molecular weight is 254 g/mol. The zero-order chi connectivity index (χ0) is 10.7. The van der Waals surface area contributed by atoms with Crippen molar-refractivity contribution in [2.75, 3.05) is 6.61 Å². The molecule has 1 heterocycles. The van der Waals surface area contributed by atoms with Gasteiger partial charge in [0.2, 0.25) is 0 Å². The van der Waals surface area contributed by atoms with E-state index < -0.39 is 0 Å². The Morgan fingerprint density at radius 1 is 1.50 bits per heavy atom. The molecule has 1 rings (SSSR count). The van der Waals surface area contributed by atoms with Gasteiger partial charge in [-0.25, -0.2) is 0 Å². The SMILES string of the molecule is CC(C)OCC(N)c1cc(Cl)sc1Cl. The fraction of sp³-hybridized carbons (Fsp3) is 0.556. The van der Waals surface area contributed by atoms with E-state index in [0.29, 0.717) is 15.3 Å². The minimum Gasteiger partial charge on any atom is -0.377 e. The first-order valence-electron chi connectivity index (χ1n) is 4.32. The third kappa shape index (κ3) is 3.41. The van der Waals surface area contributed by atoms with Crippen LogP contribution in [0.4, 0.5) is 0 Å². The van der Waals surface area contributed by atoms with Crippen molar-refractivity contribution in [3.63, 3.8) is 0 Å². The maximum atomic E-state index is 5.95. The molecule has 0 aromatic carbocycles. The van der Waals surface area contributed by atoms with Gasteiger partial charge in [0.25, 0.3) is 0 Å². The van der Waals surface area contributed by atoms with Crippen LogP contribution in [-0.2, 0) is 4.74 Å². The number of rotatable bonds is 4. The van der Waals surface area contributed by atoms with Crippen LogP contribution in [0.2, 0.25) is 8.67 Å². The van der Waals surface area contributed by atoms with Crippen LogP contribution in [0.5, 0.6) is 0 Å². The second-order valence-corrected chi connectivity index (χ2v) is 5.55. The van der Waals surface area contributed by atoms with Gasteiger partial charge in [0.15, 0.2) is 0 Å². The lowest BCUT2D eigenvalue weighted by Crippen LogP contribution is -2.19. The fourth-order valence-electron chi connectivity index (χ4n) is 0.992. The highest BCUT2D eigenvalue weighted by Crippen LogP contribution is 2.34. The van der Waals surface area contributed by atoms with E-state index in [0.717, 1.165) is 5.56 Å². The Balaban J connectivity index is 2.60. The largest absolute Gasteiger partial charge is 0.377 e. The van der Waals surface area contributed by atoms with Crippen LogP contribution in [0.1, 0.15) is 25.5 Å². The minimum absolute atomic E-state index is 0.175. The Morgan fingerprint density at radius 2 is 2.14 bits per heavy atom. The van der Waals surface area contributed by atoms with E-state index in [1.807, 2.05) is 13.8 Å². The van der Waals surface area contributed by atoms with E-state index in [9.17, 15) is 0 Å². The summed E-state index contributed by atoms with van der Waals surface area (Å²) in [5.74, 6) is 0. The molecule has 0 spiro atoms. The Labute approximate surface area is 98.0 Å². The Morgan fingerprint density at radius 3 is 2.57 bits per heavy atom. The molecule has 0 fully saturated rings. The molecule has 2 N–H and O–H groups in total.